The van der Waals surface area contributed by atoms with Gasteiger partial charge in [0.05, 0.1) is 18.0 Å². The molecule has 0 fully saturated rings. The van der Waals surface area contributed by atoms with Gasteiger partial charge in [-0.2, -0.15) is 5.10 Å². The Kier molecular flexibility index (Phi) is 2.41. The normalized spacial score (nSPS) is 10.5. The second-order valence-electron chi connectivity index (χ2n) is 3.35. The van der Waals surface area contributed by atoms with Crippen molar-refractivity contribution in [2.75, 3.05) is 0 Å². The number of rotatable bonds is 3. The second-order valence-corrected chi connectivity index (χ2v) is 3.35. The molecule has 2 rings (SSSR count). The predicted molar refractivity (Wildman–Crippen MR) is 54.8 cm³/mol. The Balaban J connectivity index is 2.32. The van der Waals surface area contributed by atoms with Crippen molar-refractivity contribution in [2.45, 2.75) is 20.4 Å². The van der Waals surface area contributed by atoms with Crippen LogP contribution in [0, 0.1) is 6.92 Å². The van der Waals surface area contributed by atoms with Gasteiger partial charge in [-0.3, -0.25) is 9.48 Å². The van der Waals surface area contributed by atoms with Gasteiger partial charge in [0.25, 0.3) is 0 Å². The Morgan fingerprint density at radius 2 is 2.40 bits per heavy atom. The lowest BCUT2D eigenvalue weighted by Crippen LogP contribution is -2.00. The van der Waals surface area contributed by atoms with E-state index in [1.54, 1.807) is 23.1 Å². The molecule has 2 aromatic heterocycles. The molecule has 2 heterocycles. The minimum atomic E-state index is -0.114. The number of carbonyl (C=O) groups is 1. The number of ketones is 1. The lowest BCUT2D eigenvalue weighted by molar-refractivity contribution is 0.101. The molecule has 4 heteroatoms. The molecular weight excluding hydrogens is 192 g/mol. The number of hydrogen-bond acceptors (Lipinski definition) is 3. The molecule has 78 valence electrons. The van der Waals surface area contributed by atoms with Gasteiger partial charge < -0.3 is 4.42 Å². The summed E-state index contributed by atoms with van der Waals surface area (Å²) in [7, 11) is 0. The van der Waals surface area contributed by atoms with Crippen LogP contribution < -0.4 is 0 Å². The number of carbonyl (C=O) groups excluding carboxylic acids is 1. The fourth-order valence-corrected chi connectivity index (χ4v) is 1.39. The molecule has 0 amide bonds. The van der Waals surface area contributed by atoms with E-state index in [4.69, 9.17) is 4.42 Å². The molecule has 15 heavy (non-hydrogen) atoms. The highest BCUT2D eigenvalue weighted by atomic mass is 16.3. The SMILES string of the molecule is CCn1cc(C(=O)c2occc2C)cn1. The summed E-state index contributed by atoms with van der Waals surface area (Å²) in [5, 5.41) is 4.05. The number of aromatic nitrogens is 2. The van der Waals surface area contributed by atoms with E-state index in [-0.39, 0.29) is 5.78 Å². The van der Waals surface area contributed by atoms with Crippen LogP contribution in [0.3, 0.4) is 0 Å². The molecule has 0 atom stereocenters. The molecule has 0 unspecified atom stereocenters. The van der Waals surface area contributed by atoms with Crippen molar-refractivity contribution in [3.8, 4) is 0 Å². The highest BCUT2D eigenvalue weighted by Gasteiger charge is 2.16. The third-order valence-electron chi connectivity index (χ3n) is 2.29. The van der Waals surface area contributed by atoms with Gasteiger partial charge in [0, 0.05) is 12.7 Å². The van der Waals surface area contributed by atoms with E-state index in [1.807, 2.05) is 13.8 Å². The Morgan fingerprint density at radius 3 is 2.93 bits per heavy atom. The largest absolute Gasteiger partial charge is 0.461 e. The number of furan rings is 1. The van der Waals surface area contributed by atoms with Gasteiger partial charge in [-0.05, 0) is 25.5 Å². The van der Waals surface area contributed by atoms with Crippen LogP contribution in [0.4, 0.5) is 0 Å². The highest BCUT2D eigenvalue weighted by molar-refractivity contribution is 6.07. The molecule has 0 saturated heterocycles. The summed E-state index contributed by atoms with van der Waals surface area (Å²) in [5.74, 6) is 0.280. The van der Waals surface area contributed by atoms with Gasteiger partial charge in [-0.25, -0.2) is 0 Å². The van der Waals surface area contributed by atoms with Crippen molar-refractivity contribution < 1.29 is 9.21 Å². The van der Waals surface area contributed by atoms with Crippen molar-refractivity contribution >= 4 is 5.78 Å². The van der Waals surface area contributed by atoms with E-state index in [9.17, 15) is 4.79 Å². The lowest BCUT2D eigenvalue weighted by Gasteiger charge is -1.94. The average molecular weight is 204 g/mol. The van der Waals surface area contributed by atoms with Crippen LogP contribution >= 0.6 is 0 Å². The van der Waals surface area contributed by atoms with Crippen molar-refractivity contribution in [1.29, 1.82) is 0 Å². The van der Waals surface area contributed by atoms with Gasteiger partial charge in [0.15, 0.2) is 5.76 Å². The summed E-state index contributed by atoms with van der Waals surface area (Å²) in [5.41, 5.74) is 1.42. The highest BCUT2D eigenvalue weighted by Crippen LogP contribution is 2.14. The summed E-state index contributed by atoms with van der Waals surface area (Å²) in [6, 6.07) is 1.78. The van der Waals surface area contributed by atoms with Crippen molar-refractivity contribution in [3.05, 3.63) is 41.6 Å². The first-order valence-electron chi connectivity index (χ1n) is 4.83. The van der Waals surface area contributed by atoms with Crippen LogP contribution in [0.1, 0.15) is 28.6 Å². The summed E-state index contributed by atoms with van der Waals surface area (Å²) >= 11 is 0. The lowest BCUT2D eigenvalue weighted by atomic mass is 10.1. The average Bonchev–Trinajstić information content (AvgIpc) is 2.84. The molecule has 0 aliphatic carbocycles. The van der Waals surface area contributed by atoms with Crippen LogP contribution in [0.5, 0.6) is 0 Å². The Morgan fingerprint density at radius 1 is 1.60 bits per heavy atom. The molecule has 2 aromatic rings. The minimum Gasteiger partial charge on any atom is -0.461 e. The third-order valence-corrected chi connectivity index (χ3v) is 2.29. The smallest absolute Gasteiger partial charge is 0.231 e. The van der Waals surface area contributed by atoms with Crippen LogP contribution in [-0.4, -0.2) is 15.6 Å². The maximum absolute atomic E-state index is 11.9. The molecule has 0 N–H and O–H groups in total. The van der Waals surface area contributed by atoms with Crippen molar-refractivity contribution in [1.82, 2.24) is 9.78 Å². The maximum Gasteiger partial charge on any atom is 0.231 e. The van der Waals surface area contributed by atoms with Gasteiger partial charge in [0.2, 0.25) is 5.78 Å². The molecule has 0 spiro atoms. The molecule has 0 aromatic carbocycles. The van der Waals surface area contributed by atoms with Gasteiger partial charge in [-0.1, -0.05) is 0 Å². The standard InChI is InChI=1S/C11H12N2O2/c1-3-13-7-9(6-12-13)10(14)11-8(2)4-5-15-11/h4-7H,3H2,1-2H3. The first-order valence-corrected chi connectivity index (χ1v) is 4.83. The second kappa shape index (κ2) is 3.73. The van der Waals surface area contributed by atoms with Crippen LogP contribution in [0.15, 0.2) is 29.1 Å². The van der Waals surface area contributed by atoms with E-state index in [0.29, 0.717) is 11.3 Å². The van der Waals surface area contributed by atoms with Crippen LogP contribution in [0.25, 0.3) is 0 Å². The summed E-state index contributed by atoms with van der Waals surface area (Å²) < 4.78 is 6.85. The quantitative estimate of drug-likeness (QED) is 0.719. The molecule has 0 radical (unpaired) electrons. The number of nitrogens with zero attached hydrogens (tertiary/aromatic N) is 2. The Labute approximate surface area is 87.5 Å². The van der Waals surface area contributed by atoms with Gasteiger partial charge in [-0.15, -0.1) is 0 Å². The Bertz CT molecular complexity index is 482. The fraction of sp³-hybridized carbons (Fsp3) is 0.273. The first kappa shape index (κ1) is 9.71. The molecular formula is C11H12N2O2. The maximum atomic E-state index is 11.9. The minimum absolute atomic E-state index is 0.114. The molecule has 0 aliphatic heterocycles. The number of aryl methyl sites for hydroxylation is 2. The molecule has 0 saturated carbocycles. The summed E-state index contributed by atoms with van der Waals surface area (Å²) in [4.78, 5) is 11.9. The first-order chi connectivity index (χ1) is 7.22. The predicted octanol–water partition coefficient (Wildman–Crippen LogP) is 2.04. The number of hydrogen-bond donors (Lipinski definition) is 0. The van der Waals surface area contributed by atoms with Crippen molar-refractivity contribution in [2.24, 2.45) is 0 Å². The van der Waals surface area contributed by atoms with E-state index in [1.165, 1.54) is 6.26 Å². The van der Waals surface area contributed by atoms with Gasteiger partial charge >= 0.3 is 0 Å². The summed E-state index contributed by atoms with van der Waals surface area (Å²) in [6.45, 7) is 4.57. The zero-order chi connectivity index (χ0) is 10.8. The topological polar surface area (TPSA) is 48.0 Å². The summed E-state index contributed by atoms with van der Waals surface area (Å²) in [6.07, 6.45) is 4.81. The molecule has 0 aliphatic rings. The third kappa shape index (κ3) is 1.70. The monoisotopic (exact) mass is 204 g/mol. The Hall–Kier alpha value is -1.84. The van der Waals surface area contributed by atoms with E-state index in [0.717, 1.165) is 12.1 Å². The molecule has 4 nitrogen and oxygen atoms in total. The van der Waals surface area contributed by atoms with E-state index >= 15 is 0 Å². The fourth-order valence-electron chi connectivity index (χ4n) is 1.39. The van der Waals surface area contributed by atoms with Crippen LogP contribution in [-0.2, 0) is 6.54 Å². The van der Waals surface area contributed by atoms with Crippen molar-refractivity contribution in [3.63, 3.8) is 0 Å². The van der Waals surface area contributed by atoms with Gasteiger partial charge in [0.1, 0.15) is 0 Å². The zero-order valence-electron chi connectivity index (χ0n) is 8.73. The molecule has 0 bridgehead atoms. The zero-order valence-corrected chi connectivity index (χ0v) is 8.73. The van der Waals surface area contributed by atoms with Crippen LogP contribution in [0.2, 0.25) is 0 Å². The van der Waals surface area contributed by atoms with E-state index in [2.05, 4.69) is 5.10 Å². The van der Waals surface area contributed by atoms with E-state index < -0.39 is 0 Å².